The van der Waals surface area contributed by atoms with Gasteiger partial charge in [-0.3, -0.25) is 4.90 Å². The minimum atomic E-state index is 0.405. The van der Waals surface area contributed by atoms with E-state index in [1.54, 1.807) is 6.33 Å². The summed E-state index contributed by atoms with van der Waals surface area (Å²) >= 11 is 6.13. The van der Waals surface area contributed by atoms with Crippen LogP contribution in [0.1, 0.15) is 18.1 Å². The Hall–Kier alpha value is -1.65. The molecule has 2 aromatic rings. The molecule has 1 atom stereocenters. The SMILES string of the molecule is Cc1c(Cl)ncnc1N1CCN(Cc2ccccc2)CC1C. The fraction of sp³-hybridized carbons (Fsp3) is 0.412. The molecular weight excluding hydrogens is 296 g/mol. The summed E-state index contributed by atoms with van der Waals surface area (Å²) in [5.74, 6) is 0.965. The highest BCUT2D eigenvalue weighted by molar-refractivity contribution is 6.30. The first-order chi connectivity index (χ1) is 10.6. The van der Waals surface area contributed by atoms with Gasteiger partial charge in [0.15, 0.2) is 0 Å². The molecule has 0 amide bonds. The van der Waals surface area contributed by atoms with Crippen molar-refractivity contribution in [1.82, 2.24) is 14.9 Å². The van der Waals surface area contributed by atoms with Crippen LogP contribution in [0.4, 0.5) is 5.82 Å². The molecule has 0 aliphatic carbocycles. The predicted octanol–water partition coefficient (Wildman–Crippen LogP) is 3.15. The van der Waals surface area contributed by atoms with Crippen LogP contribution in [0.5, 0.6) is 0 Å². The van der Waals surface area contributed by atoms with Gasteiger partial charge in [0.1, 0.15) is 17.3 Å². The average Bonchev–Trinajstić information content (AvgIpc) is 2.52. The van der Waals surface area contributed by atoms with E-state index in [1.807, 2.05) is 6.92 Å². The number of piperazine rings is 1. The van der Waals surface area contributed by atoms with Gasteiger partial charge < -0.3 is 4.90 Å². The molecule has 1 aromatic heterocycles. The van der Waals surface area contributed by atoms with Gasteiger partial charge in [-0.15, -0.1) is 0 Å². The number of benzene rings is 1. The Labute approximate surface area is 136 Å². The zero-order chi connectivity index (χ0) is 15.5. The second kappa shape index (κ2) is 6.63. The molecule has 1 aromatic carbocycles. The van der Waals surface area contributed by atoms with E-state index in [0.29, 0.717) is 11.2 Å². The van der Waals surface area contributed by atoms with Gasteiger partial charge in [0.25, 0.3) is 0 Å². The molecule has 2 heterocycles. The molecule has 116 valence electrons. The quantitative estimate of drug-likeness (QED) is 0.814. The van der Waals surface area contributed by atoms with Crippen LogP contribution < -0.4 is 4.90 Å². The van der Waals surface area contributed by atoms with E-state index >= 15 is 0 Å². The van der Waals surface area contributed by atoms with Gasteiger partial charge in [0.05, 0.1) is 0 Å². The molecular formula is C17H21ClN4. The Kier molecular flexibility index (Phi) is 4.60. The standard InChI is InChI=1S/C17H21ClN4/c1-13-10-21(11-15-6-4-3-5-7-15)8-9-22(13)17-14(2)16(18)19-12-20-17/h3-7,12-13H,8-11H2,1-2H3. The van der Waals surface area contributed by atoms with Crippen molar-refractivity contribution >= 4 is 17.4 Å². The van der Waals surface area contributed by atoms with E-state index in [9.17, 15) is 0 Å². The van der Waals surface area contributed by atoms with Crippen molar-refractivity contribution < 1.29 is 0 Å². The van der Waals surface area contributed by atoms with E-state index in [1.165, 1.54) is 5.56 Å². The van der Waals surface area contributed by atoms with Crippen LogP contribution in [0.2, 0.25) is 5.15 Å². The highest BCUT2D eigenvalue weighted by Crippen LogP contribution is 2.25. The monoisotopic (exact) mass is 316 g/mol. The Morgan fingerprint density at radius 3 is 2.68 bits per heavy atom. The topological polar surface area (TPSA) is 32.3 Å². The summed E-state index contributed by atoms with van der Waals surface area (Å²) in [6.45, 7) is 8.24. The first-order valence-electron chi connectivity index (χ1n) is 7.65. The first-order valence-corrected chi connectivity index (χ1v) is 8.03. The maximum absolute atomic E-state index is 6.13. The smallest absolute Gasteiger partial charge is 0.137 e. The number of aromatic nitrogens is 2. The lowest BCUT2D eigenvalue weighted by atomic mass is 10.1. The largest absolute Gasteiger partial charge is 0.351 e. The summed E-state index contributed by atoms with van der Waals surface area (Å²) in [6.07, 6.45) is 1.55. The number of rotatable bonds is 3. The van der Waals surface area contributed by atoms with Crippen molar-refractivity contribution in [2.75, 3.05) is 24.5 Å². The summed E-state index contributed by atoms with van der Waals surface area (Å²) < 4.78 is 0. The van der Waals surface area contributed by atoms with Crippen LogP contribution in [-0.2, 0) is 6.54 Å². The molecule has 1 aliphatic rings. The van der Waals surface area contributed by atoms with Crippen LogP contribution in [-0.4, -0.2) is 40.5 Å². The van der Waals surface area contributed by atoms with Gasteiger partial charge in [0.2, 0.25) is 0 Å². The number of anilines is 1. The number of nitrogens with zero attached hydrogens (tertiary/aromatic N) is 4. The molecule has 5 heteroatoms. The van der Waals surface area contributed by atoms with E-state index in [2.05, 4.69) is 57.0 Å². The molecule has 0 radical (unpaired) electrons. The Bertz CT molecular complexity index is 632. The molecule has 0 spiro atoms. The molecule has 0 bridgehead atoms. The third-order valence-electron chi connectivity index (χ3n) is 4.23. The van der Waals surface area contributed by atoms with Crippen molar-refractivity contribution in [3.8, 4) is 0 Å². The summed E-state index contributed by atoms with van der Waals surface area (Å²) in [7, 11) is 0. The zero-order valence-corrected chi connectivity index (χ0v) is 13.8. The van der Waals surface area contributed by atoms with Crippen LogP contribution in [0, 0.1) is 6.92 Å². The van der Waals surface area contributed by atoms with Crippen molar-refractivity contribution in [2.45, 2.75) is 26.4 Å². The molecule has 3 rings (SSSR count). The fourth-order valence-corrected chi connectivity index (χ4v) is 3.17. The summed E-state index contributed by atoms with van der Waals surface area (Å²) in [5, 5.41) is 0.545. The fourth-order valence-electron chi connectivity index (χ4n) is 3.04. The molecule has 1 saturated heterocycles. The first kappa shape index (κ1) is 15.3. The van der Waals surface area contributed by atoms with Gasteiger partial charge in [-0.2, -0.15) is 0 Å². The predicted molar refractivity (Wildman–Crippen MR) is 90.3 cm³/mol. The maximum Gasteiger partial charge on any atom is 0.137 e. The highest BCUT2D eigenvalue weighted by atomic mass is 35.5. The Morgan fingerprint density at radius 1 is 1.18 bits per heavy atom. The summed E-state index contributed by atoms with van der Waals surface area (Å²) in [5.41, 5.74) is 2.33. The number of halogens is 1. The number of hydrogen-bond acceptors (Lipinski definition) is 4. The average molecular weight is 317 g/mol. The van der Waals surface area contributed by atoms with Crippen LogP contribution >= 0.6 is 11.6 Å². The van der Waals surface area contributed by atoms with E-state index < -0.39 is 0 Å². The van der Waals surface area contributed by atoms with Crippen molar-refractivity contribution in [2.24, 2.45) is 0 Å². The molecule has 4 nitrogen and oxygen atoms in total. The van der Waals surface area contributed by atoms with Gasteiger partial charge >= 0.3 is 0 Å². The van der Waals surface area contributed by atoms with Crippen molar-refractivity contribution in [1.29, 1.82) is 0 Å². The molecule has 22 heavy (non-hydrogen) atoms. The van der Waals surface area contributed by atoms with Crippen molar-refractivity contribution in [3.05, 3.63) is 52.9 Å². The maximum atomic E-state index is 6.13. The third kappa shape index (κ3) is 3.23. The van der Waals surface area contributed by atoms with E-state index in [4.69, 9.17) is 11.6 Å². The molecule has 0 N–H and O–H groups in total. The van der Waals surface area contributed by atoms with Crippen LogP contribution in [0.25, 0.3) is 0 Å². The summed E-state index contributed by atoms with van der Waals surface area (Å²) in [6, 6.07) is 11.0. The van der Waals surface area contributed by atoms with E-state index in [0.717, 1.165) is 37.6 Å². The van der Waals surface area contributed by atoms with Crippen molar-refractivity contribution in [3.63, 3.8) is 0 Å². The minimum Gasteiger partial charge on any atom is -0.351 e. The minimum absolute atomic E-state index is 0.405. The van der Waals surface area contributed by atoms with Gasteiger partial charge in [0, 0.05) is 37.8 Å². The molecule has 0 saturated carbocycles. The normalized spacial score (nSPS) is 19.4. The Morgan fingerprint density at radius 2 is 1.95 bits per heavy atom. The molecule has 1 aliphatic heterocycles. The third-order valence-corrected chi connectivity index (χ3v) is 4.61. The van der Waals surface area contributed by atoms with Crippen LogP contribution in [0.15, 0.2) is 36.7 Å². The Balaban J connectivity index is 1.69. The highest BCUT2D eigenvalue weighted by Gasteiger charge is 2.26. The lowest BCUT2D eigenvalue weighted by molar-refractivity contribution is 0.220. The summed E-state index contributed by atoms with van der Waals surface area (Å²) in [4.78, 5) is 13.3. The van der Waals surface area contributed by atoms with Gasteiger partial charge in [-0.25, -0.2) is 9.97 Å². The van der Waals surface area contributed by atoms with E-state index in [-0.39, 0.29) is 0 Å². The molecule has 1 fully saturated rings. The van der Waals surface area contributed by atoms with Crippen LogP contribution in [0.3, 0.4) is 0 Å². The molecule has 1 unspecified atom stereocenters. The lowest BCUT2D eigenvalue weighted by Crippen LogP contribution is -2.52. The lowest BCUT2D eigenvalue weighted by Gasteiger charge is -2.41. The zero-order valence-electron chi connectivity index (χ0n) is 13.0. The van der Waals surface area contributed by atoms with Gasteiger partial charge in [-0.05, 0) is 19.4 Å². The van der Waals surface area contributed by atoms with Gasteiger partial charge in [-0.1, -0.05) is 41.9 Å². The second-order valence-corrected chi connectivity index (χ2v) is 6.23. The second-order valence-electron chi connectivity index (χ2n) is 5.88. The number of hydrogen-bond donors (Lipinski definition) is 0.